The molecular formula is C23H24N4O3. The van der Waals surface area contributed by atoms with E-state index in [1.165, 1.54) is 5.56 Å². The number of nitrogens with one attached hydrogen (secondary N) is 2. The maximum Gasteiger partial charge on any atom is 0.325 e. The van der Waals surface area contributed by atoms with Crippen LogP contribution in [0.4, 0.5) is 4.79 Å². The highest BCUT2D eigenvalue weighted by Crippen LogP contribution is 2.28. The molecule has 2 aromatic carbocycles. The van der Waals surface area contributed by atoms with Crippen LogP contribution in [0.3, 0.4) is 0 Å². The summed E-state index contributed by atoms with van der Waals surface area (Å²) in [6.07, 6.45) is 1.57. The number of hydrogen-bond donors (Lipinski definition) is 2. The van der Waals surface area contributed by atoms with Crippen LogP contribution in [0, 0.1) is 11.3 Å². The number of nitrogens with zero attached hydrogens (tertiary/aromatic N) is 2. The maximum atomic E-state index is 12.9. The Hall–Kier alpha value is -3.66. The Morgan fingerprint density at radius 3 is 2.47 bits per heavy atom. The molecule has 1 saturated heterocycles. The number of hydrogen-bond acceptors (Lipinski definition) is 4. The molecule has 0 bridgehead atoms. The molecular weight excluding hydrogens is 380 g/mol. The van der Waals surface area contributed by atoms with Crippen molar-refractivity contribution in [1.29, 1.82) is 5.26 Å². The molecule has 1 aliphatic rings. The summed E-state index contributed by atoms with van der Waals surface area (Å²) in [7, 11) is 0. The number of nitriles is 1. The minimum Gasteiger partial charge on any atom is -0.352 e. The molecule has 1 fully saturated rings. The molecule has 0 spiro atoms. The summed E-state index contributed by atoms with van der Waals surface area (Å²) in [5, 5.41) is 14.4. The third kappa shape index (κ3) is 4.49. The molecule has 2 atom stereocenters. The van der Waals surface area contributed by atoms with Gasteiger partial charge in [-0.15, -0.1) is 0 Å². The lowest BCUT2D eigenvalue weighted by molar-refractivity contribution is -0.135. The van der Waals surface area contributed by atoms with Crippen LogP contribution < -0.4 is 10.6 Å². The van der Waals surface area contributed by atoms with Gasteiger partial charge in [0.15, 0.2) is 0 Å². The molecule has 1 heterocycles. The van der Waals surface area contributed by atoms with E-state index in [1.807, 2.05) is 43.3 Å². The van der Waals surface area contributed by atoms with Gasteiger partial charge in [0.1, 0.15) is 12.1 Å². The summed E-state index contributed by atoms with van der Waals surface area (Å²) in [6.45, 7) is 3.15. The molecule has 0 radical (unpaired) electrons. The smallest absolute Gasteiger partial charge is 0.325 e. The van der Waals surface area contributed by atoms with Crippen molar-refractivity contribution in [1.82, 2.24) is 15.5 Å². The molecule has 2 N–H and O–H groups in total. The number of rotatable bonds is 7. The van der Waals surface area contributed by atoms with Gasteiger partial charge in [0.05, 0.1) is 11.6 Å². The van der Waals surface area contributed by atoms with E-state index in [4.69, 9.17) is 5.26 Å². The fourth-order valence-corrected chi connectivity index (χ4v) is 3.48. The summed E-state index contributed by atoms with van der Waals surface area (Å²) in [5.74, 6) is -0.882. The highest BCUT2D eigenvalue weighted by atomic mass is 16.2. The SMILES string of the molecule is CC(CCc1ccccc1)NC(=O)CN1C(=O)NC(C)(c2ccc(C#N)cc2)C1=O. The third-order valence-corrected chi connectivity index (χ3v) is 5.28. The zero-order valence-electron chi connectivity index (χ0n) is 17.0. The average molecular weight is 404 g/mol. The van der Waals surface area contributed by atoms with Gasteiger partial charge in [-0.2, -0.15) is 5.26 Å². The highest BCUT2D eigenvalue weighted by Gasteiger charge is 2.49. The first-order valence-electron chi connectivity index (χ1n) is 9.81. The number of amides is 4. The first-order chi connectivity index (χ1) is 14.3. The molecule has 1 aliphatic heterocycles. The van der Waals surface area contributed by atoms with Crippen LogP contribution in [-0.4, -0.2) is 35.3 Å². The number of aryl methyl sites for hydroxylation is 1. The first kappa shape index (κ1) is 21.1. The Kier molecular flexibility index (Phi) is 6.17. The van der Waals surface area contributed by atoms with Gasteiger partial charge in [0, 0.05) is 6.04 Å². The fraction of sp³-hybridized carbons (Fsp3) is 0.304. The summed E-state index contributed by atoms with van der Waals surface area (Å²) in [6, 6.07) is 17.7. The zero-order chi connectivity index (χ0) is 21.7. The van der Waals surface area contributed by atoms with E-state index in [9.17, 15) is 14.4 Å². The van der Waals surface area contributed by atoms with Crippen molar-refractivity contribution >= 4 is 17.8 Å². The van der Waals surface area contributed by atoms with Crippen LogP contribution in [0.5, 0.6) is 0 Å². The molecule has 2 aromatic rings. The van der Waals surface area contributed by atoms with Gasteiger partial charge in [-0.1, -0.05) is 42.5 Å². The second kappa shape index (κ2) is 8.78. The van der Waals surface area contributed by atoms with Crippen LogP contribution in [0.25, 0.3) is 0 Å². The van der Waals surface area contributed by atoms with Crippen LogP contribution in [0.15, 0.2) is 54.6 Å². The van der Waals surface area contributed by atoms with E-state index >= 15 is 0 Å². The topological polar surface area (TPSA) is 102 Å². The van der Waals surface area contributed by atoms with Crippen molar-refractivity contribution < 1.29 is 14.4 Å². The van der Waals surface area contributed by atoms with Crippen LogP contribution >= 0.6 is 0 Å². The Morgan fingerprint density at radius 1 is 1.17 bits per heavy atom. The van der Waals surface area contributed by atoms with E-state index in [-0.39, 0.29) is 18.5 Å². The van der Waals surface area contributed by atoms with Crippen LogP contribution in [-0.2, 0) is 21.5 Å². The molecule has 30 heavy (non-hydrogen) atoms. The summed E-state index contributed by atoms with van der Waals surface area (Å²) in [4.78, 5) is 38.7. The largest absolute Gasteiger partial charge is 0.352 e. The van der Waals surface area contributed by atoms with Gasteiger partial charge in [-0.3, -0.25) is 14.5 Å². The minimum absolute atomic E-state index is 0.0941. The minimum atomic E-state index is -1.27. The number of carbonyl (C=O) groups is 3. The van der Waals surface area contributed by atoms with Gasteiger partial charge in [0.2, 0.25) is 5.91 Å². The molecule has 4 amide bonds. The maximum absolute atomic E-state index is 12.9. The molecule has 2 unspecified atom stereocenters. The predicted octanol–water partition coefficient (Wildman–Crippen LogP) is 2.46. The quantitative estimate of drug-likeness (QED) is 0.692. The van der Waals surface area contributed by atoms with E-state index in [0.717, 1.165) is 17.7 Å². The van der Waals surface area contributed by atoms with Crippen molar-refractivity contribution in [3.63, 3.8) is 0 Å². The molecule has 0 saturated carbocycles. The standard InChI is InChI=1S/C23H24N4O3/c1-16(8-9-17-6-4-3-5-7-17)25-20(28)15-27-21(29)23(2,26-22(27)30)19-12-10-18(14-24)11-13-19/h3-7,10-13,16H,8-9,15H2,1-2H3,(H,25,28)(H,26,30). The zero-order valence-corrected chi connectivity index (χ0v) is 17.0. The van der Waals surface area contributed by atoms with Gasteiger partial charge in [-0.05, 0) is 49.9 Å². The number of benzene rings is 2. The van der Waals surface area contributed by atoms with Gasteiger partial charge in [-0.25, -0.2) is 4.79 Å². The highest BCUT2D eigenvalue weighted by molar-refractivity contribution is 6.09. The third-order valence-electron chi connectivity index (χ3n) is 5.28. The Balaban J connectivity index is 1.59. The Labute approximate surface area is 175 Å². The second-order valence-electron chi connectivity index (χ2n) is 7.63. The fourth-order valence-electron chi connectivity index (χ4n) is 3.48. The molecule has 3 rings (SSSR count). The normalized spacial score (nSPS) is 19.2. The van der Waals surface area contributed by atoms with Crippen LogP contribution in [0.2, 0.25) is 0 Å². The predicted molar refractivity (Wildman–Crippen MR) is 111 cm³/mol. The van der Waals surface area contributed by atoms with E-state index in [1.54, 1.807) is 31.2 Å². The second-order valence-corrected chi connectivity index (χ2v) is 7.63. The first-order valence-corrected chi connectivity index (χ1v) is 9.81. The van der Waals surface area contributed by atoms with Gasteiger partial charge >= 0.3 is 6.03 Å². The van der Waals surface area contributed by atoms with Crippen LogP contribution in [0.1, 0.15) is 37.0 Å². The van der Waals surface area contributed by atoms with E-state index in [0.29, 0.717) is 11.1 Å². The number of imide groups is 1. The summed E-state index contributed by atoms with van der Waals surface area (Å²) >= 11 is 0. The summed E-state index contributed by atoms with van der Waals surface area (Å²) < 4.78 is 0. The van der Waals surface area contributed by atoms with E-state index in [2.05, 4.69) is 10.6 Å². The average Bonchev–Trinajstić information content (AvgIpc) is 2.97. The van der Waals surface area contributed by atoms with E-state index < -0.39 is 17.5 Å². The lowest BCUT2D eigenvalue weighted by Gasteiger charge is -2.22. The Bertz CT molecular complexity index is 982. The molecule has 7 heteroatoms. The molecule has 154 valence electrons. The van der Waals surface area contributed by atoms with Crippen molar-refractivity contribution in [2.75, 3.05) is 6.54 Å². The number of carbonyl (C=O) groups excluding carboxylic acids is 3. The van der Waals surface area contributed by atoms with Crippen molar-refractivity contribution in [3.05, 3.63) is 71.3 Å². The number of urea groups is 1. The summed E-state index contributed by atoms with van der Waals surface area (Å²) in [5.41, 5.74) is 0.925. The van der Waals surface area contributed by atoms with Gasteiger partial charge in [0.25, 0.3) is 5.91 Å². The van der Waals surface area contributed by atoms with Crippen molar-refractivity contribution in [2.45, 2.75) is 38.3 Å². The lowest BCUT2D eigenvalue weighted by Crippen LogP contribution is -2.45. The Morgan fingerprint density at radius 2 is 1.83 bits per heavy atom. The monoisotopic (exact) mass is 404 g/mol. The molecule has 0 aromatic heterocycles. The van der Waals surface area contributed by atoms with Gasteiger partial charge < -0.3 is 10.6 Å². The lowest BCUT2D eigenvalue weighted by atomic mass is 9.91. The molecule has 7 nitrogen and oxygen atoms in total. The van der Waals surface area contributed by atoms with Crippen molar-refractivity contribution in [2.24, 2.45) is 0 Å². The molecule has 0 aliphatic carbocycles. The van der Waals surface area contributed by atoms with Crippen molar-refractivity contribution in [3.8, 4) is 6.07 Å².